The van der Waals surface area contributed by atoms with Crippen molar-refractivity contribution in [3.63, 3.8) is 0 Å². The number of hydrogen-bond acceptors (Lipinski definition) is 5. The highest BCUT2D eigenvalue weighted by Gasteiger charge is 2.54. The van der Waals surface area contributed by atoms with Crippen LogP contribution in [0, 0.1) is 30.1 Å². The quantitative estimate of drug-likeness (QED) is 0.540. The molecule has 4 aliphatic rings. The number of aryl methyl sites for hydroxylation is 1. The van der Waals surface area contributed by atoms with Crippen molar-refractivity contribution >= 4 is 28.2 Å². The van der Waals surface area contributed by atoms with Gasteiger partial charge in [-0.2, -0.15) is 0 Å². The zero-order valence-electron chi connectivity index (χ0n) is 19.0. The second-order valence-electron chi connectivity index (χ2n) is 9.93. The Bertz CT molecular complexity index is 1020. The highest BCUT2D eigenvalue weighted by atomic mass is 32.1. The van der Waals surface area contributed by atoms with Gasteiger partial charge < -0.3 is 14.8 Å². The van der Waals surface area contributed by atoms with Gasteiger partial charge in [0, 0.05) is 16.5 Å². The molecule has 4 bridgehead atoms. The Morgan fingerprint density at radius 3 is 2.34 bits per heavy atom. The van der Waals surface area contributed by atoms with Gasteiger partial charge in [0.05, 0.1) is 19.1 Å². The first kappa shape index (κ1) is 21.5. The summed E-state index contributed by atoms with van der Waals surface area (Å²) in [5, 5.41) is 5.70. The van der Waals surface area contributed by atoms with E-state index in [-0.39, 0.29) is 17.9 Å². The van der Waals surface area contributed by atoms with E-state index in [0.717, 1.165) is 36.0 Å². The zero-order chi connectivity index (χ0) is 22.5. The minimum atomic E-state index is -0.409. The molecule has 1 aromatic carbocycles. The van der Waals surface area contributed by atoms with Gasteiger partial charge in [0.15, 0.2) is 0 Å². The van der Waals surface area contributed by atoms with E-state index in [9.17, 15) is 9.59 Å². The van der Waals surface area contributed by atoms with Crippen LogP contribution < -0.4 is 10.1 Å². The molecule has 0 atom stereocenters. The Hall–Kier alpha value is -2.34. The van der Waals surface area contributed by atoms with Crippen LogP contribution in [0.1, 0.15) is 61.4 Å². The maximum Gasteiger partial charge on any atom is 0.341 e. The smallest absolute Gasteiger partial charge is 0.341 e. The SMILES string of the molecule is CCOC(=O)c1c(-c2cc(C)ccc2OC)csc1NC(=O)C12CC3CC(CC(C3)C1)C2. The van der Waals surface area contributed by atoms with Crippen molar-refractivity contribution in [3.8, 4) is 16.9 Å². The minimum absolute atomic E-state index is 0.0896. The van der Waals surface area contributed by atoms with Gasteiger partial charge in [-0.1, -0.05) is 11.6 Å². The van der Waals surface area contributed by atoms with Gasteiger partial charge in [-0.25, -0.2) is 4.79 Å². The molecule has 0 saturated heterocycles. The predicted molar refractivity (Wildman–Crippen MR) is 126 cm³/mol. The molecule has 5 nitrogen and oxygen atoms in total. The Kier molecular flexibility index (Phi) is 5.52. The van der Waals surface area contributed by atoms with E-state index in [1.807, 2.05) is 30.5 Å². The summed E-state index contributed by atoms with van der Waals surface area (Å²) in [5.41, 5.74) is 2.81. The Labute approximate surface area is 193 Å². The third-order valence-electron chi connectivity index (χ3n) is 7.66. The predicted octanol–water partition coefficient (Wildman–Crippen LogP) is 6.06. The van der Waals surface area contributed by atoms with Crippen LogP contribution in [0.3, 0.4) is 0 Å². The molecule has 32 heavy (non-hydrogen) atoms. The topological polar surface area (TPSA) is 64.6 Å². The molecule has 0 spiro atoms. The fourth-order valence-corrected chi connectivity index (χ4v) is 7.65. The van der Waals surface area contributed by atoms with Crippen molar-refractivity contribution in [2.45, 2.75) is 52.4 Å². The maximum absolute atomic E-state index is 13.6. The van der Waals surface area contributed by atoms with Gasteiger partial charge in [0.1, 0.15) is 16.3 Å². The van der Waals surface area contributed by atoms with Gasteiger partial charge >= 0.3 is 5.97 Å². The van der Waals surface area contributed by atoms with Crippen LogP contribution in [0.25, 0.3) is 11.1 Å². The van der Waals surface area contributed by atoms with Crippen molar-refractivity contribution in [1.29, 1.82) is 0 Å². The Morgan fingerprint density at radius 2 is 1.75 bits per heavy atom. The number of ether oxygens (including phenoxy) is 2. The largest absolute Gasteiger partial charge is 0.496 e. The van der Waals surface area contributed by atoms with Crippen LogP contribution in [-0.4, -0.2) is 25.6 Å². The molecule has 4 aliphatic carbocycles. The highest BCUT2D eigenvalue weighted by Crippen LogP contribution is 2.60. The van der Waals surface area contributed by atoms with Crippen molar-refractivity contribution in [3.05, 3.63) is 34.7 Å². The molecule has 2 aromatic rings. The van der Waals surface area contributed by atoms with Crippen LogP contribution in [-0.2, 0) is 9.53 Å². The lowest BCUT2D eigenvalue weighted by Crippen LogP contribution is -2.51. The summed E-state index contributed by atoms with van der Waals surface area (Å²) < 4.78 is 11.0. The average molecular weight is 454 g/mol. The fourth-order valence-electron chi connectivity index (χ4n) is 6.71. The summed E-state index contributed by atoms with van der Waals surface area (Å²) in [6.45, 7) is 4.08. The standard InChI is InChI=1S/C26H31NO4S/c1-4-31-24(28)22-20(19-7-15(2)5-6-21(19)30-3)14-32-23(22)27-25(29)26-11-16-8-17(12-26)10-18(9-16)13-26/h5-7,14,16-18H,4,8-13H2,1-3H3,(H,27,29). The number of esters is 1. The second-order valence-corrected chi connectivity index (χ2v) is 10.8. The van der Waals surface area contributed by atoms with E-state index in [0.29, 0.717) is 34.1 Å². The summed E-state index contributed by atoms with van der Waals surface area (Å²) in [4.78, 5) is 26.7. The summed E-state index contributed by atoms with van der Waals surface area (Å²) in [6, 6.07) is 5.90. The molecule has 1 aromatic heterocycles. The molecular weight excluding hydrogens is 422 g/mol. The monoisotopic (exact) mass is 453 g/mol. The van der Waals surface area contributed by atoms with Crippen LogP contribution in [0.4, 0.5) is 5.00 Å². The first-order valence-electron chi connectivity index (χ1n) is 11.7. The highest BCUT2D eigenvalue weighted by molar-refractivity contribution is 7.15. The van der Waals surface area contributed by atoms with Gasteiger partial charge in [-0.15, -0.1) is 11.3 Å². The molecule has 1 heterocycles. The number of benzene rings is 1. The third-order valence-corrected chi connectivity index (χ3v) is 8.56. The van der Waals surface area contributed by atoms with E-state index in [2.05, 4.69) is 5.32 Å². The summed E-state index contributed by atoms with van der Waals surface area (Å²) in [5.74, 6) is 2.43. The molecule has 1 amide bonds. The van der Waals surface area contributed by atoms with Crippen LogP contribution in [0.5, 0.6) is 5.75 Å². The van der Waals surface area contributed by atoms with Crippen molar-refractivity contribution < 1.29 is 19.1 Å². The van der Waals surface area contributed by atoms with Crippen LogP contribution in [0.2, 0.25) is 0 Å². The number of hydrogen-bond donors (Lipinski definition) is 1. The summed E-state index contributed by atoms with van der Waals surface area (Å²) >= 11 is 1.39. The van der Waals surface area contributed by atoms with Gasteiger partial charge in [0.25, 0.3) is 0 Å². The van der Waals surface area contributed by atoms with Crippen LogP contribution in [0.15, 0.2) is 23.6 Å². The lowest BCUT2D eigenvalue weighted by molar-refractivity contribution is -0.140. The second kappa shape index (κ2) is 8.22. The minimum Gasteiger partial charge on any atom is -0.496 e. The molecule has 0 aliphatic heterocycles. The van der Waals surface area contributed by atoms with Gasteiger partial charge in [-0.05, 0) is 82.3 Å². The Balaban J connectivity index is 1.50. The number of amides is 1. The molecule has 1 N–H and O–H groups in total. The zero-order valence-corrected chi connectivity index (χ0v) is 19.8. The molecule has 4 saturated carbocycles. The molecule has 4 fully saturated rings. The van der Waals surface area contributed by atoms with Crippen LogP contribution >= 0.6 is 11.3 Å². The number of methoxy groups -OCH3 is 1. The number of rotatable bonds is 6. The molecule has 6 heteroatoms. The first-order chi connectivity index (χ1) is 15.4. The summed E-state index contributed by atoms with van der Waals surface area (Å²) in [7, 11) is 1.63. The van der Waals surface area contributed by atoms with E-state index in [1.54, 1.807) is 14.0 Å². The van der Waals surface area contributed by atoms with E-state index in [4.69, 9.17) is 9.47 Å². The summed E-state index contributed by atoms with van der Waals surface area (Å²) in [6.07, 6.45) is 6.83. The van der Waals surface area contributed by atoms with Gasteiger partial charge in [-0.3, -0.25) is 4.79 Å². The first-order valence-corrected chi connectivity index (χ1v) is 12.6. The number of carbonyl (C=O) groups is 2. The fraction of sp³-hybridized carbons (Fsp3) is 0.538. The molecule has 0 unspecified atom stereocenters. The average Bonchev–Trinajstić information content (AvgIpc) is 3.16. The number of anilines is 1. The van der Waals surface area contributed by atoms with E-state index in [1.165, 1.54) is 30.6 Å². The molecule has 170 valence electrons. The maximum atomic E-state index is 13.6. The van der Waals surface area contributed by atoms with E-state index < -0.39 is 5.97 Å². The number of carbonyl (C=O) groups excluding carboxylic acids is 2. The van der Waals surface area contributed by atoms with Crippen molar-refractivity contribution in [2.24, 2.45) is 23.2 Å². The molecule has 0 radical (unpaired) electrons. The molecular formula is C26H31NO4S. The lowest BCUT2D eigenvalue weighted by Gasteiger charge is -2.55. The lowest BCUT2D eigenvalue weighted by atomic mass is 9.49. The third kappa shape index (κ3) is 3.62. The van der Waals surface area contributed by atoms with E-state index >= 15 is 0 Å². The number of thiophene rings is 1. The number of nitrogens with one attached hydrogen (secondary N) is 1. The van der Waals surface area contributed by atoms with Gasteiger partial charge in [0.2, 0.25) is 5.91 Å². The molecule has 6 rings (SSSR count). The normalized spacial score (nSPS) is 27.9. The Morgan fingerprint density at radius 1 is 1.09 bits per heavy atom. The van der Waals surface area contributed by atoms with Crippen molar-refractivity contribution in [1.82, 2.24) is 0 Å². The van der Waals surface area contributed by atoms with Crippen molar-refractivity contribution in [2.75, 3.05) is 19.0 Å².